The molecule has 3 N–H and O–H groups in total. The number of nitrogens with zero attached hydrogens (tertiary/aromatic N) is 2. The van der Waals surface area contributed by atoms with Crippen molar-refractivity contribution in [3.8, 4) is 0 Å². The summed E-state index contributed by atoms with van der Waals surface area (Å²) in [4.78, 5) is 17.4. The van der Waals surface area contributed by atoms with Crippen molar-refractivity contribution < 1.29 is 4.79 Å². The lowest BCUT2D eigenvalue weighted by molar-refractivity contribution is 0.0958. The zero-order chi connectivity index (χ0) is 12.1. The standard InChI is InChI=1S/C11H18N4O/c1-8(7-12)15(3)9-4-5-14-10(6-9)11(16)13-2/h4-6,8H,7,12H2,1-3H3,(H,13,16). The first-order chi connectivity index (χ1) is 7.60. The normalized spacial score (nSPS) is 12.0. The van der Waals surface area contributed by atoms with Crippen molar-refractivity contribution in [1.82, 2.24) is 10.3 Å². The lowest BCUT2D eigenvalue weighted by Crippen LogP contribution is -2.35. The van der Waals surface area contributed by atoms with E-state index in [0.717, 1.165) is 5.69 Å². The van der Waals surface area contributed by atoms with Crippen molar-refractivity contribution in [3.63, 3.8) is 0 Å². The van der Waals surface area contributed by atoms with Gasteiger partial charge in [-0.2, -0.15) is 0 Å². The zero-order valence-electron chi connectivity index (χ0n) is 9.90. The van der Waals surface area contributed by atoms with Gasteiger partial charge in [0.2, 0.25) is 0 Å². The van der Waals surface area contributed by atoms with Gasteiger partial charge in [0.05, 0.1) is 0 Å². The fraction of sp³-hybridized carbons (Fsp3) is 0.455. The zero-order valence-corrected chi connectivity index (χ0v) is 9.90. The largest absolute Gasteiger partial charge is 0.371 e. The third-order valence-electron chi connectivity index (χ3n) is 2.61. The Morgan fingerprint density at radius 2 is 2.38 bits per heavy atom. The predicted molar refractivity (Wildman–Crippen MR) is 64.5 cm³/mol. The molecule has 88 valence electrons. The molecule has 16 heavy (non-hydrogen) atoms. The number of anilines is 1. The third-order valence-corrected chi connectivity index (χ3v) is 2.61. The van der Waals surface area contributed by atoms with Gasteiger partial charge in [-0.05, 0) is 19.1 Å². The number of likely N-dealkylation sites (N-methyl/N-ethyl adjacent to an activating group) is 1. The van der Waals surface area contributed by atoms with Crippen LogP contribution in [0.15, 0.2) is 18.3 Å². The fourth-order valence-corrected chi connectivity index (χ4v) is 1.30. The molecule has 0 spiro atoms. The number of hydrogen-bond donors (Lipinski definition) is 2. The molecule has 1 unspecified atom stereocenters. The smallest absolute Gasteiger partial charge is 0.269 e. The minimum atomic E-state index is -0.185. The molecule has 0 bridgehead atoms. The summed E-state index contributed by atoms with van der Waals surface area (Å²) in [7, 11) is 3.53. The summed E-state index contributed by atoms with van der Waals surface area (Å²) in [6.45, 7) is 2.59. The minimum absolute atomic E-state index is 0.185. The number of amides is 1. The molecule has 0 aliphatic rings. The molecule has 0 aliphatic heterocycles. The maximum Gasteiger partial charge on any atom is 0.269 e. The Labute approximate surface area is 95.7 Å². The lowest BCUT2D eigenvalue weighted by Gasteiger charge is -2.25. The van der Waals surface area contributed by atoms with Crippen molar-refractivity contribution in [2.75, 3.05) is 25.5 Å². The topological polar surface area (TPSA) is 71.2 Å². The van der Waals surface area contributed by atoms with Crippen molar-refractivity contribution >= 4 is 11.6 Å². The van der Waals surface area contributed by atoms with Crippen LogP contribution in [0.1, 0.15) is 17.4 Å². The van der Waals surface area contributed by atoms with Crippen molar-refractivity contribution in [2.24, 2.45) is 5.73 Å². The molecule has 0 fully saturated rings. The first-order valence-electron chi connectivity index (χ1n) is 5.21. The molecule has 1 aromatic rings. The van der Waals surface area contributed by atoms with Crippen LogP contribution in [0.25, 0.3) is 0 Å². The van der Waals surface area contributed by atoms with Crippen LogP contribution in [0.4, 0.5) is 5.69 Å². The molecule has 0 radical (unpaired) electrons. The Balaban J connectivity index is 2.94. The second kappa shape index (κ2) is 5.46. The van der Waals surface area contributed by atoms with Gasteiger partial charge < -0.3 is 16.0 Å². The van der Waals surface area contributed by atoms with Crippen molar-refractivity contribution in [1.29, 1.82) is 0 Å². The maximum atomic E-state index is 11.4. The van der Waals surface area contributed by atoms with E-state index in [-0.39, 0.29) is 11.9 Å². The average molecular weight is 222 g/mol. The Morgan fingerprint density at radius 1 is 1.69 bits per heavy atom. The van der Waals surface area contributed by atoms with E-state index in [4.69, 9.17) is 5.73 Å². The van der Waals surface area contributed by atoms with Crippen LogP contribution in [-0.2, 0) is 0 Å². The first-order valence-corrected chi connectivity index (χ1v) is 5.21. The van der Waals surface area contributed by atoms with Gasteiger partial charge in [0.1, 0.15) is 5.69 Å². The van der Waals surface area contributed by atoms with Crippen LogP contribution in [0.5, 0.6) is 0 Å². The van der Waals surface area contributed by atoms with E-state index in [1.807, 2.05) is 24.9 Å². The quantitative estimate of drug-likeness (QED) is 0.764. The van der Waals surface area contributed by atoms with E-state index in [2.05, 4.69) is 10.3 Å². The molecule has 0 saturated carbocycles. The summed E-state index contributed by atoms with van der Waals surface area (Å²) in [5, 5.41) is 2.55. The van der Waals surface area contributed by atoms with Gasteiger partial charge in [-0.15, -0.1) is 0 Å². The first kappa shape index (κ1) is 12.4. The maximum absolute atomic E-state index is 11.4. The van der Waals surface area contributed by atoms with Crippen molar-refractivity contribution in [3.05, 3.63) is 24.0 Å². The molecule has 1 aromatic heterocycles. The van der Waals surface area contributed by atoms with Crippen LogP contribution in [0.3, 0.4) is 0 Å². The molecular weight excluding hydrogens is 204 g/mol. The van der Waals surface area contributed by atoms with Crippen LogP contribution in [0.2, 0.25) is 0 Å². The van der Waals surface area contributed by atoms with E-state index < -0.39 is 0 Å². The molecular formula is C11H18N4O. The minimum Gasteiger partial charge on any atom is -0.371 e. The molecule has 5 heteroatoms. The summed E-state index contributed by atoms with van der Waals surface area (Å²) < 4.78 is 0. The third kappa shape index (κ3) is 2.70. The number of nitrogens with one attached hydrogen (secondary N) is 1. The van der Waals surface area contributed by atoms with E-state index in [1.54, 1.807) is 19.3 Å². The molecule has 1 amide bonds. The predicted octanol–water partition coefficient (Wildman–Crippen LogP) is 0.225. The number of rotatable bonds is 4. The van der Waals surface area contributed by atoms with Crippen LogP contribution in [0, 0.1) is 0 Å². The second-order valence-corrected chi connectivity index (χ2v) is 3.67. The van der Waals surface area contributed by atoms with E-state index in [9.17, 15) is 4.79 Å². The van der Waals surface area contributed by atoms with E-state index >= 15 is 0 Å². The summed E-state index contributed by atoms with van der Waals surface area (Å²) >= 11 is 0. The fourth-order valence-electron chi connectivity index (χ4n) is 1.30. The Morgan fingerprint density at radius 3 is 2.94 bits per heavy atom. The molecule has 1 rings (SSSR count). The van der Waals surface area contributed by atoms with Gasteiger partial charge >= 0.3 is 0 Å². The number of carbonyl (C=O) groups excluding carboxylic acids is 1. The molecule has 1 atom stereocenters. The molecule has 0 aromatic carbocycles. The van der Waals surface area contributed by atoms with Gasteiger partial charge in [0.15, 0.2) is 0 Å². The van der Waals surface area contributed by atoms with Crippen LogP contribution in [-0.4, -0.2) is 37.6 Å². The molecule has 0 aliphatic carbocycles. The number of hydrogen-bond acceptors (Lipinski definition) is 4. The van der Waals surface area contributed by atoms with E-state index in [0.29, 0.717) is 12.2 Å². The monoisotopic (exact) mass is 222 g/mol. The highest BCUT2D eigenvalue weighted by molar-refractivity contribution is 5.92. The van der Waals surface area contributed by atoms with Crippen LogP contribution < -0.4 is 16.0 Å². The lowest BCUT2D eigenvalue weighted by atomic mass is 10.2. The Bertz CT molecular complexity index is 367. The summed E-state index contributed by atoms with van der Waals surface area (Å²) in [6.07, 6.45) is 1.62. The Kier molecular flexibility index (Phi) is 4.25. The van der Waals surface area contributed by atoms with Gasteiger partial charge in [0.25, 0.3) is 5.91 Å². The average Bonchev–Trinajstić information content (AvgIpc) is 2.36. The molecule has 5 nitrogen and oxygen atoms in total. The number of nitrogens with two attached hydrogens (primary N) is 1. The van der Waals surface area contributed by atoms with Gasteiger partial charge in [-0.25, -0.2) is 0 Å². The van der Waals surface area contributed by atoms with E-state index in [1.165, 1.54) is 0 Å². The Hall–Kier alpha value is -1.62. The number of aromatic nitrogens is 1. The van der Waals surface area contributed by atoms with Gasteiger partial charge in [-0.3, -0.25) is 9.78 Å². The highest BCUT2D eigenvalue weighted by Gasteiger charge is 2.11. The summed E-state index contributed by atoms with van der Waals surface area (Å²) in [5.41, 5.74) is 6.95. The van der Waals surface area contributed by atoms with Gasteiger partial charge in [-0.1, -0.05) is 0 Å². The van der Waals surface area contributed by atoms with Gasteiger partial charge in [0, 0.05) is 38.6 Å². The second-order valence-electron chi connectivity index (χ2n) is 3.67. The molecule has 1 heterocycles. The summed E-state index contributed by atoms with van der Waals surface area (Å²) in [5.74, 6) is -0.185. The molecule has 0 saturated heterocycles. The number of pyridine rings is 1. The van der Waals surface area contributed by atoms with Crippen LogP contribution >= 0.6 is 0 Å². The highest BCUT2D eigenvalue weighted by Crippen LogP contribution is 2.15. The number of carbonyl (C=O) groups is 1. The SMILES string of the molecule is CNC(=O)c1cc(N(C)C(C)CN)ccn1. The van der Waals surface area contributed by atoms with Crippen molar-refractivity contribution in [2.45, 2.75) is 13.0 Å². The summed E-state index contributed by atoms with van der Waals surface area (Å²) in [6, 6.07) is 3.84. The highest BCUT2D eigenvalue weighted by atomic mass is 16.1.